The summed E-state index contributed by atoms with van der Waals surface area (Å²) in [6.45, 7) is 5.77. The molecule has 21 heavy (non-hydrogen) atoms. The summed E-state index contributed by atoms with van der Waals surface area (Å²) in [5.74, 6) is 1.77. The Morgan fingerprint density at radius 1 is 1.05 bits per heavy atom. The molecule has 0 spiro atoms. The lowest BCUT2D eigenvalue weighted by molar-refractivity contribution is 0.341. The zero-order chi connectivity index (χ0) is 15.2. The second-order valence-electron chi connectivity index (χ2n) is 7.29. The number of nitrogens with one attached hydrogen (secondary N) is 1. The van der Waals surface area contributed by atoms with Gasteiger partial charge in [-0.2, -0.15) is 0 Å². The highest BCUT2D eigenvalue weighted by atomic mass is 15.0. The Kier molecular flexibility index (Phi) is 6.10. The van der Waals surface area contributed by atoms with Crippen LogP contribution in [0.4, 0.5) is 5.69 Å². The standard InChI is InChI=1S/C19H32N2/c1-15(2)17-6-5-7-18(13-10-17)20-19-11-8-16(9-12-19)14-21(3)4/h8-9,11-12,15,17-18,20H,5-7,10,13-14H2,1-4H3. The zero-order valence-corrected chi connectivity index (χ0v) is 14.2. The van der Waals surface area contributed by atoms with Crippen LogP contribution in [0.2, 0.25) is 0 Å². The molecule has 1 aromatic rings. The Bertz CT molecular complexity index is 408. The summed E-state index contributed by atoms with van der Waals surface area (Å²) in [5, 5.41) is 3.75. The van der Waals surface area contributed by atoms with Gasteiger partial charge in [-0.05, 0) is 62.9 Å². The molecule has 1 aromatic carbocycles. The Morgan fingerprint density at radius 3 is 2.38 bits per heavy atom. The molecule has 2 nitrogen and oxygen atoms in total. The predicted octanol–water partition coefficient (Wildman–Crippen LogP) is 4.77. The Labute approximate surface area is 130 Å². The highest BCUT2D eigenvalue weighted by Gasteiger charge is 2.20. The third kappa shape index (κ3) is 5.35. The highest BCUT2D eigenvalue weighted by molar-refractivity contribution is 5.45. The molecular formula is C19H32N2. The summed E-state index contributed by atoms with van der Waals surface area (Å²) < 4.78 is 0. The van der Waals surface area contributed by atoms with Gasteiger partial charge in [0, 0.05) is 18.3 Å². The lowest BCUT2D eigenvalue weighted by Crippen LogP contribution is -2.18. The fraction of sp³-hybridized carbons (Fsp3) is 0.684. The molecule has 0 heterocycles. The van der Waals surface area contributed by atoms with Crippen molar-refractivity contribution in [2.24, 2.45) is 11.8 Å². The maximum atomic E-state index is 3.75. The lowest BCUT2D eigenvalue weighted by atomic mass is 9.89. The van der Waals surface area contributed by atoms with E-state index in [1.54, 1.807) is 0 Å². The van der Waals surface area contributed by atoms with Gasteiger partial charge in [-0.3, -0.25) is 0 Å². The van der Waals surface area contributed by atoms with E-state index < -0.39 is 0 Å². The fourth-order valence-corrected chi connectivity index (χ4v) is 3.45. The topological polar surface area (TPSA) is 15.3 Å². The van der Waals surface area contributed by atoms with E-state index in [0.717, 1.165) is 18.4 Å². The van der Waals surface area contributed by atoms with Crippen LogP contribution in [0.1, 0.15) is 51.5 Å². The molecular weight excluding hydrogens is 256 g/mol. The minimum Gasteiger partial charge on any atom is -0.382 e. The van der Waals surface area contributed by atoms with Crippen LogP contribution in [0.5, 0.6) is 0 Å². The van der Waals surface area contributed by atoms with Crippen molar-refractivity contribution in [2.45, 2.75) is 58.5 Å². The lowest BCUT2D eigenvalue weighted by Gasteiger charge is -2.20. The molecule has 118 valence electrons. The van der Waals surface area contributed by atoms with Gasteiger partial charge >= 0.3 is 0 Å². The summed E-state index contributed by atoms with van der Waals surface area (Å²) in [6, 6.07) is 9.63. The molecule has 2 rings (SSSR count). The van der Waals surface area contributed by atoms with E-state index in [0.29, 0.717) is 6.04 Å². The van der Waals surface area contributed by atoms with Crippen molar-refractivity contribution in [2.75, 3.05) is 19.4 Å². The van der Waals surface area contributed by atoms with E-state index in [4.69, 9.17) is 0 Å². The fourth-order valence-electron chi connectivity index (χ4n) is 3.45. The average molecular weight is 288 g/mol. The predicted molar refractivity (Wildman–Crippen MR) is 92.7 cm³/mol. The third-order valence-electron chi connectivity index (χ3n) is 4.78. The average Bonchev–Trinajstić information content (AvgIpc) is 2.66. The van der Waals surface area contributed by atoms with Crippen molar-refractivity contribution in [1.82, 2.24) is 4.90 Å². The first-order chi connectivity index (χ1) is 10.0. The monoisotopic (exact) mass is 288 g/mol. The van der Waals surface area contributed by atoms with E-state index in [9.17, 15) is 0 Å². The van der Waals surface area contributed by atoms with Crippen molar-refractivity contribution in [3.05, 3.63) is 29.8 Å². The summed E-state index contributed by atoms with van der Waals surface area (Å²) in [4.78, 5) is 2.21. The molecule has 1 fully saturated rings. The van der Waals surface area contributed by atoms with Crippen molar-refractivity contribution < 1.29 is 0 Å². The molecule has 0 bridgehead atoms. The Morgan fingerprint density at radius 2 is 1.76 bits per heavy atom. The molecule has 0 radical (unpaired) electrons. The Hall–Kier alpha value is -1.02. The van der Waals surface area contributed by atoms with Gasteiger partial charge in [0.05, 0.1) is 0 Å². The Balaban J connectivity index is 1.86. The summed E-state index contributed by atoms with van der Waals surface area (Å²) in [5.41, 5.74) is 2.66. The minimum absolute atomic E-state index is 0.661. The number of hydrogen-bond acceptors (Lipinski definition) is 2. The molecule has 1 aliphatic rings. The quantitative estimate of drug-likeness (QED) is 0.785. The molecule has 1 aliphatic carbocycles. The van der Waals surface area contributed by atoms with Crippen molar-refractivity contribution in [1.29, 1.82) is 0 Å². The summed E-state index contributed by atoms with van der Waals surface area (Å²) in [7, 11) is 4.23. The number of rotatable bonds is 5. The van der Waals surface area contributed by atoms with Crippen molar-refractivity contribution in [3.63, 3.8) is 0 Å². The van der Waals surface area contributed by atoms with Gasteiger partial charge in [0.25, 0.3) is 0 Å². The maximum Gasteiger partial charge on any atom is 0.0342 e. The highest BCUT2D eigenvalue weighted by Crippen LogP contribution is 2.30. The van der Waals surface area contributed by atoms with Gasteiger partial charge < -0.3 is 10.2 Å². The molecule has 0 amide bonds. The molecule has 0 saturated heterocycles. The van der Waals surface area contributed by atoms with Crippen LogP contribution in [0.15, 0.2) is 24.3 Å². The van der Waals surface area contributed by atoms with Gasteiger partial charge in [-0.15, -0.1) is 0 Å². The largest absolute Gasteiger partial charge is 0.382 e. The van der Waals surface area contributed by atoms with E-state index in [-0.39, 0.29) is 0 Å². The normalized spacial score (nSPS) is 23.3. The molecule has 0 aliphatic heterocycles. The van der Waals surface area contributed by atoms with E-state index in [2.05, 4.69) is 62.4 Å². The van der Waals surface area contributed by atoms with Gasteiger partial charge in [-0.1, -0.05) is 38.8 Å². The zero-order valence-electron chi connectivity index (χ0n) is 14.2. The van der Waals surface area contributed by atoms with Gasteiger partial charge in [0.1, 0.15) is 0 Å². The SMILES string of the molecule is CC(C)C1CCCC(Nc2ccc(CN(C)C)cc2)CC1. The van der Waals surface area contributed by atoms with Crippen molar-refractivity contribution in [3.8, 4) is 0 Å². The van der Waals surface area contributed by atoms with Crippen LogP contribution in [0, 0.1) is 11.8 Å². The summed E-state index contributed by atoms with van der Waals surface area (Å²) >= 11 is 0. The summed E-state index contributed by atoms with van der Waals surface area (Å²) in [6.07, 6.45) is 6.82. The molecule has 0 aromatic heterocycles. The van der Waals surface area contributed by atoms with Crippen molar-refractivity contribution >= 4 is 5.69 Å². The smallest absolute Gasteiger partial charge is 0.0342 e. The number of benzene rings is 1. The maximum absolute atomic E-state index is 3.75. The minimum atomic E-state index is 0.661. The number of anilines is 1. The second kappa shape index (κ2) is 7.84. The van der Waals surface area contributed by atoms with Crippen LogP contribution in [-0.4, -0.2) is 25.0 Å². The first kappa shape index (κ1) is 16.4. The van der Waals surface area contributed by atoms with Crippen LogP contribution in [0.25, 0.3) is 0 Å². The van der Waals surface area contributed by atoms with Crippen LogP contribution >= 0.6 is 0 Å². The van der Waals surface area contributed by atoms with Crippen LogP contribution in [-0.2, 0) is 6.54 Å². The van der Waals surface area contributed by atoms with E-state index in [1.807, 2.05) is 0 Å². The van der Waals surface area contributed by atoms with E-state index in [1.165, 1.54) is 43.4 Å². The van der Waals surface area contributed by atoms with Gasteiger partial charge in [0.2, 0.25) is 0 Å². The first-order valence-corrected chi connectivity index (χ1v) is 8.55. The first-order valence-electron chi connectivity index (χ1n) is 8.55. The van der Waals surface area contributed by atoms with Crippen LogP contribution < -0.4 is 5.32 Å². The van der Waals surface area contributed by atoms with Gasteiger partial charge in [-0.25, -0.2) is 0 Å². The number of nitrogens with zero attached hydrogens (tertiary/aromatic N) is 1. The number of hydrogen-bond donors (Lipinski definition) is 1. The second-order valence-corrected chi connectivity index (χ2v) is 7.29. The van der Waals surface area contributed by atoms with Gasteiger partial charge in [0.15, 0.2) is 0 Å². The third-order valence-corrected chi connectivity index (χ3v) is 4.78. The molecule has 1 N–H and O–H groups in total. The molecule has 2 unspecified atom stereocenters. The van der Waals surface area contributed by atoms with Crippen LogP contribution in [0.3, 0.4) is 0 Å². The molecule has 1 saturated carbocycles. The molecule has 2 atom stereocenters. The molecule has 2 heteroatoms. The van der Waals surface area contributed by atoms with E-state index >= 15 is 0 Å².